The Morgan fingerprint density at radius 2 is 1.73 bits per heavy atom. The Hall–Kier alpha value is -2.82. The number of hydrogen-bond donors (Lipinski definition) is 3. The lowest BCUT2D eigenvalue weighted by Crippen LogP contribution is -2.51. The van der Waals surface area contributed by atoms with E-state index in [9.17, 15) is 18.0 Å². The third-order valence-electron chi connectivity index (χ3n) is 6.15. The Morgan fingerprint density at radius 3 is 2.32 bits per heavy atom. The molecule has 0 aliphatic carbocycles. The maximum Gasteiger partial charge on any atom is 0.315 e. The van der Waals surface area contributed by atoms with Gasteiger partial charge in [0.05, 0.1) is 12.8 Å². The van der Waals surface area contributed by atoms with Gasteiger partial charge in [0, 0.05) is 30.9 Å². The van der Waals surface area contributed by atoms with Gasteiger partial charge in [0.1, 0.15) is 11.5 Å². The summed E-state index contributed by atoms with van der Waals surface area (Å²) in [7, 11) is -3.32. The van der Waals surface area contributed by atoms with Gasteiger partial charge in [-0.2, -0.15) is 0 Å². The number of benzene rings is 2. The molecule has 1 aliphatic heterocycles. The summed E-state index contributed by atoms with van der Waals surface area (Å²) in [5, 5.41) is 4.87. The van der Waals surface area contributed by atoms with Gasteiger partial charge in [-0.05, 0) is 72.8 Å². The average molecular weight is 551 g/mol. The minimum Gasteiger partial charge on any atom is -0.457 e. The summed E-state index contributed by atoms with van der Waals surface area (Å²) in [6.45, 7) is 3.66. The highest BCUT2D eigenvalue weighted by Gasteiger charge is 2.29. The van der Waals surface area contributed by atoms with E-state index >= 15 is 0 Å². The van der Waals surface area contributed by atoms with Crippen LogP contribution in [0.2, 0.25) is 0 Å². The molecule has 1 fully saturated rings. The molecule has 1 aliphatic rings. The van der Waals surface area contributed by atoms with Crippen molar-refractivity contribution in [3.63, 3.8) is 0 Å². The maximum absolute atomic E-state index is 12.1. The highest BCUT2D eigenvalue weighted by molar-refractivity contribution is 7.92. The standard InChI is InChI=1S/C26H35ClN4O5S/c1-3-4-5-22-16-21(29-26(33)28-17-25(27)32)14-15-31(22)18-19-6-10-23(11-7-19)36-24-12-8-20(9-13-24)30-37(2,34)35/h6-13,21-22,30H,3-5,14-18H2,1-2H3,(H2,28,29,33). The molecule has 0 radical (unpaired) electrons. The Labute approximate surface area is 224 Å². The zero-order chi connectivity index (χ0) is 26.8. The molecule has 11 heteroatoms. The molecule has 2 aromatic rings. The maximum atomic E-state index is 12.1. The van der Waals surface area contributed by atoms with E-state index in [2.05, 4.69) is 27.2 Å². The Kier molecular flexibility index (Phi) is 10.6. The van der Waals surface area contributed by atoms with E-state index in [1.165, 1.54) is 5.56 Å². The fraction of sp³-hybridized carbons (Fsp3) is 0.462. The highest BCUT2D eigenvalue weighted by Crippen LogP contribution is 2.27. The van der Waals surface area contributed by atoms with Gasteiger partial charge in [-0.1, -0.05) is 31.9 Å². The molecule has 1 heterocycles. The third kappa shape index (κ3) is 10.2. The van der Waals surface area contributed by atoms with Gasteiger partial charge in [0.25, 0.3) is 0 Å². The summed E-state index contributed by atoms with van der Waals surface area (Å²) in [6, 6.07) is 14.7. The van der Waals surface area contributed by atoms with Crippen molar-refractivity contribution in [1.82, 2.24) is 15.5 Å². The number of carbonyl (C=O) groups excluding carboxylic acids is 2. The molecule has 1 saturated heterocycles. The lowest BCUT2D eigenvalue weighted by atomic mass is 9.93. The number of piperidine rings is 1. The number of ether oxygens (including phenoxy) is 1. The third-order valence-corrected chi connectivity index (χ3v) is 6.89. The van der Waals surface area contributed by atoms with Crippen LogP contribution in [0.15, 0.2) is 48.5 Å². The van der Waals surface area contributed by atoms with E-state index in [-0.39, 0.29) is 18.6 Å². The number of carbonyl (C=O) groups is 2. The van der Waals surface area contributed by atoms with Gasteiger partial charge in [0.2, 0.25) is 15.3 Å². The van der Waals surface area contributed by atoms with Crippen LogP contribution in [0.3, 0.4) is 0 Å². The van der Waals surface area contributed by atoms with E-state index in [4.69, 9.17) is 16.3 Å². The molecule has 0 spiro atoms. The van der Waals surface area contributed by atoms with Gasteiger partial charge >= 0.3 is 6.03 Å². The molecule has 0 aromatic heterocycles. The van der Waals surface area contributed by atoms with Crippen molar-refractivity contribution in [1.29, 1.82) is 0 Å². The van der Waals surface area contributed by atoms with E-state index < -0.39 is 15.3 Å². The molecule has 0 saturated carbocycles. The fourth-order valence-electron chi connectivity index (χ4n) is 4.40. The minimum absolute atomic E-state index is 0.0540. The number of halogens is 1. The smallest absolute Gasteiger partial charge is 0.315 e. The molecule has 37 heavy (non-hydrogen) atoms. The lowest BCUT2D eigenvalue weighted by molar-refractivity contribution is -0.110. The second-order valence-corrected chi connectivity index (χ2v) is 11.5. The van der Waals surface area contributed by atoms with Gasteiger partial charge in [-0.25, -0.2) is 13.2 Å². The number of sulfonamides is 1. The zero-order valence-electron chi connectivity index (χ0n) is 21.2. The zero-order valence-corrected chi connectivity index (χ0v) is 22.8. The normalized spacial score (nSPS) is 18.1. The van der Waals surface area contributed by atoms with Crippen LogP contribution in [-0.4, -0.2) is 56.0 Å². The summed E-state index contributed by atoms with van der Waals surface area (Å²) >= 11 is 5.30. The van der Waals surface area contributed by atoms with Crippen LogP contribution in [0.4, 0.5) is 10.5 Å². The van der Waals surface area contributed by atoms with E-state index in [1.54, 1.807) is 24.3 Å². The van der Waals surface area contributed by atoms with E-state index in [1.807, 2.05) is 24.3 Å². The average Bonchev–Trinajstić information content (AvgIpc) is 2.84. The predicted octanol–water partition coefficient (Wildman–Crippen LogP) is 4.44. The van der Waals surface area contributed by atoms with Crippen LogP contribution >= 0.6 is 11.6 Å². The van der Waals surface area contributed by atoms with Crippen LogP contribution < -0.4 is 20.1 Å². The van der Waals surface area contributed by atoms with Crippen LogP contribution in [0, 0.1) is 0 Å². The van der Waals surface area contributed by atoms with Crippen LogP contribution in [0.25, 0.3) is 0 Å². The molecular formula is C26H35ClN4O5S. The fourth-order valence-corrected chi connectivity index (χ4v) is 5.03. The number of urea groups is 1. The topological polar surface area (TPSA) is 117 Å². The molecule has 2 aromatic carbocycles. The number of nitrogens with one attached hydrogen (secondary N) is 3. The largest absolute Gasteiger partial charge is 0.457 e. The summed E-state index contributed by atoms with van der Waals surface area (Å²) in [4.78, 5) is 25.4. The van der Waals surface area contributed by atoms with Gasteiger partial charge < -0.3 is 15.4 Å². The first-order valence-electron chi connectivity index (χ1n) is 12.4. The first-order chi connectivity index (χ1) is 17.6. The van der Waals surface area contributed by atoms with Crippen molar-refractivity contribution in [2.45, 2.75) is 57.7 Å². The first kappa shape index (κ1) is 28.7. The Bertz CT molecular complexity index is 1140. The van der Waals surface area contributed by atoms with Crippen LogP contribution in [-0.2, 0) is 21.4 Å². The van der Waals surface area contributed by atoms with Gasteiger partial charge in [-0.3, -0.25) is 14.4 Å². The number of amides is 2. The molecule has 3 rings (SSSR count). The molecule has 2 atom stereocenters. The van der Waals surface area contributed by atoms with Crippen LogP contribution in [0.5, 0.6) is 11.5 Å². The molecule has 0 bridgehead atoms. The number of likely N-dealkylation sites (tertiary alicyclic amines) is 1. The summed E-state index contributed by atoms with van der Waals surface area (Å²) in [5.41, 5.74) is 1.65. The van der Waals surface area contributed by atoms with Crippen molar-refractivity contribution in [2.75, 3.05) is 24.1 Å². The summed E-state index contributed by atoms with van der Waals surface area (Å²) in [5.74, 6) is 1.31. The van der Waals surface area contributed by atoms with Crippen LogP contribution in [0.1, 0.15) is 44.6 Å². The summed E-state index contributed by atoms with van der Waals surface area (Å²) in [6.07, 6.45) is 6.08. The first-order valence-corrected chi connectivity index (χ1v) is 14.7. The molecular weight excluding hydrogens is 516 g/mol. The second kappa shape index (κ2) is 13.6. The van der Waals surface area contributed by atoms with Crippen molar-refractivity contribution < 1.29 is 22.7 Å². The summed E-state index contributed by atoms with van der Waals surface area (Å²) < 4.78 is 31.0. The molecule has 202 valence electrons. The lowest BCUT2D eigenvalue weighted by Gasteiger charge is -2.40. The van der Waals surface area contributed by atoms with Gasteiger partial charge in [0.15, 0.2) is 0 Å². The predicted molar refractivity (Wildman–Crippen MR) is 146 cm³/mol. The SMILES string of the molecule is CCCCC1CC(NC(=O)NCC(=O)Cl)CCN1Cc1ccc(Oc2ccc(NS(C)(=O)=O)cc2)cc1. The number of anilines is 1. The molecule has 2 unspecified atom stereocenters. The van der Waals surface area contributed by atoms with E-state index in [0.717, 1.165) is 51.4 Å². The molecule has 9 nitrogen and oxygen atoms in total. The number of unbranched alkanes of at least 4 members (excludes halogenated alkanes) is 1. The number of rotatable bonds is 12. The van der Waals surface area contributed by atoms with E-state index in [0.29, 0.717) is 23.2 Å². The Balaban J connectivity index is 1.55. The van der Waals surface area contributed by atoms with Crippen molar-refractivity contribution in [3.05, 3.63) is 54.1 Å². The molecule has 3 N–H and O–H groups in total. The number of nitrogens with zero attached hydrogens (tertiary/aromatic N) is 1. The van der Waals surface area contributed by atoms with Gasteiger partial charge in [-0.15, -0.1) is 0 Å². The minimum atomic E-state index is -3.32. The quantitative estimate of drug-likeness (QED) is 0.336. The monoisotopic (exact) mass is 550 g/mol. The molecule has 2 amide bonds. The van der Waals surface area contributed by atoms with Crippen molar-refractivity contribution >= 4 is 38.6 Å². The highest BCUT2D eigenvalue weighted by atomic mass is 35.5. The number of hydrogen-bond acceptors (Lipinski definition) is 6. The second-order valence-electron chi connectivity index (χ2n) is 9.31. The Morgan fingerprint density at radius 1 is 1.08 bits per heavy atom. The van der Waals surface area contributed by atoms with Crippen molar-refractivity contribution in [3.8, 4) is 11.5 Å². The van der Waals surface area contributed by atoms with Crippen molar-refractivity contribution in [2.24, 2.45) is 0 Å².